The van der Waals surface area contributed by atoms with Gasteiger partial charge in [0.05, 0.1) is 6.42 Å². The fraction of sp³-hybridized carbons (Fsp3) is 0.350. The smallest absolute Gasteiger partial charge is 0.326 e. The lowest BCUT2D eigenvalue weighted by atomic mass is 10.1. The second kappa shape index (κ2) is 7.64. The second-order valence-electron chi connectivity index (χ2n) is 7.33. The third kappa shape index (κ3) is 4.07. The van der Waals surface area contributed by atoms with Crippen LogP contribution in [-0.2, 0) is 22.2 Å². The van der Waals surface area contributed by atoms with Gasteiger partial charge < -0.3 is 10.2 Å². The largest absolute Gasteiger partial charge is 0.453 e. The first kappa shape index (κ1) is 20.8. The van der Waals surface area contributed by atoms with Gasteiger partial charge in [0, 0.05) is 41.3 Å². The van der Waals surface area contributed by atoms with E-state index >= 15 is 0 Å². The van der Waals surface area contributed by atoms with Crippen molar-refractivity contribution < 1.29 is 22.8 Å². The van der Waals surface area contributed by atoms with Crippen LogP contribution in [0.5, 0.6) is 0 Å². The number of amides is 2. The lowest BCUT2D eigenvalue weighted by molar-refractivity contribution is -0.144. The second-order valence-corrected chi connectivity index (χ2v) is 7.33. The predicted octanol–water partition coefficient (Wildman–Crippen LogP) is 3.07. The van der Waals surface area contributed by atoms with Crippen LogP contribution in [0.25, 0.3) is 5.78 Å². The van der Waals surface area contributed by atoms with Crippen molar-refractivity contribution >= 4 is 29.0 Å². The lowest BCUT2D eigenvalue weighted by Gasteiger charge is -2.16. The molecular weight excluding hydrogens is 413 g/mol. The number of carbonyl (C=O) groups excluding carboxylic acids is 2. The van der Waals surface area contributed by atoms with Crippen molar-refractivity contribution in [3.8, 4) is 0 Å². The molecule has 0 unspecified atom stereocenters. The SMILES string of the molecule is Cc1nc2nc(C(F)(F)F)nn2c(C)c1CC(=O)Nc1ccc(N2CCCC2=O)cc1. The molecular formula is C20H19F3N6O2. The van der Waals surface area contributed by atoms with Gasteiger partial charge in [0.15, 0.2) is 0 Å². The van der Waals surface area contributed by atoms with Gasteiger partial charge in [0.2, 0.25) is 11.8 Å². The Balaban J connectivity index is 1.51. The Kier molecular flexibility index (Phi) is 5.11. The highest BCUT2D eigenvalue weighted by Crippen LogP contribution is 2.27. The van der Waals surface area contributed by atoms with E-state index in [-0.39, 0.29) is 24.0 Å². The maximum Gasteiger partial charge on any atom is 0.453 e. The van der Waals surface area contributed by atoms with Crippen molar-refractivity contribution in [2.24, 2.45) is 0 Å². The summed E-state index contributed by atoms with van der Waals surface area (Å²) in [4.78, 5) is 33.6. The molecule has 0 atom stereocenters. The molecule has 0 radical (unpaired) electrons. The average Bonchev–Trinajstić information content (AvgIpc) is 3.32. The predicted molar refractivity (Wildman–Crippen MR) is 106 cm³/mol. The van der Waals surface area contributed by atoms with Gasteiger partial charge in [-0.1, -0.05) is 0 Å². The highest BCUT2D eigenvalue weighted by atomic mass is 19.4. The molecule has 0 spiro atoms. The van der Waals surface area contributed by atoms with Gasteiger partial charge in [0.25, 0.3) is 11.6 Å². The molecule has 162 valence electrons. The Labute approximate surface area is 175 Å². The van der Waals surface area contributed by atoms with Crippen LogP contribution in [0.2, 0.25) is 0 Å². The van der Waals surface area contributed by atoms with E-state index in [0.29, 0.717) is 35.6 Å². The van der Waals surface area contributed by atoms with Crippen molar-refractivity contribution in [1.29, 1.82) is 0 Å². The molecule has 3 heterocycles. The van der Waals surface area contributed by atoms with Crippen LogP contribution in [0.3, 0.4) is 0 Å². The summed E-state index contributed by atoms with van der Waals surface area (Å²) in [5.74, 6) is -1.72. The molecule has 11 heteroatoms. The van der Waals surface area contributed by atoms with Gasteiger partial charge in [-0.3, -0.25) is 9.59 Å². The maximum absolute atomic E-state index is 12.9. The summed E-state index contributed by atoms with van der Waals surface area (Å²) in [6.45, 7) is 3.86. The molecule has 0 saturated carbocycles. The van der Waals surface area contributed by atoms with Gasteiger partial charge in [-0.15, -0.1) is 5.10 Å². The third-order valence-corrected chi connectivity index (χ3v) is 5.18. The van der Waals surface area contributed by atoms with E-state index in [2.05, 4.69) is 20.4 Å². The Morgan fingerprint density at radius 3 is 2.48 bits per heavy atom. The number of alkyl halides is 3. The number of fused-ring (bicyclic) bond motifs is 1. The Hall–Kier alpha value is -3.50. The molecule has 1 aliphatic heterocycles. The van der Waals surface area contributed by atoms with E-state index < -0.39 is 12.0 Å². The van der Waals surface area contributed by atoms with Crippen molar-refractivity contribution in [3.05, 3.63) is 47.0 Å². The van der Waals surface area contributed by atoms with E-state index in [1.165, 1.54) is 0 Å². The number of hydrogen-bond donors (Lipinski definition) is 1. The Bertz CT molecular complexity index is 1170. The van der Waals surface area contributed by atoms with E-state index in [1.807, 2.05) is 0 Å². The molecule has 1 N–H and O–H groups in total. The first-order chi connectivity index (χ1) is 14.6. The van der Waals surface area contributed by atoms with Crippen LogP contribution in [0.15, 0.2) is 24.3 Å². The summed E-state index contributed by atoms with van der Waals surface area (Å²) in [5.41, 5.74) is 2.56. The van der Waals surface area contributed by atoms with Gasteiger partial charge in [-0.05, 0) is 44.5 Å². The number of aromatic nitrogens is 4. The van der Waals surface area contributed by atoms with Gasteiger partial charge in [-0.2, -0.15) is 18.2 Å². The van der Waals surface area contributed by atoms with Crippen molar-refractivity contribution in [2.45, 2.75) is 39.3 Å². The minimum Gasteiger partial charge on any atom is -0.326 e. The van der Waals surface area contributed by atoms with E-state index in [9.17, 15) is 22.8 Å². The van der Waals surface area contributed by atoms with Crippen molar-refractivity contribution in [3.63, 3.8) is 0 Å². The zero-order chi connectivity index (χ0) is 22.3. The number of halogens is 3. The number of benzene rings is 1. The summed E-state index contributed by atoms with van der Waals surface area (Å²) in [5, 5.41) is 6.24. The normalized spacial score (nSPS) is 14.5. The monoisotopic (exact) mass is 432 g/mol. The van der Waals surface area contributed by atoms with Gasteiger partial charge >= 0.3 is 6.18 Å². The Morgan fingerprint density at radius 2 is 1.87 bits per heavy atom. The first-order valence-corrected chi connectivity index (χ1v) is 9.64. The zero-order valence-corrected chi connectivity index (χ0v) is 16.8. The number of nitrogens with one attached hydrogen (secondary N) is 1. The number of nitrogens with zero attached hydrogens (tertiary/aromatic N) is 5. The average molecular weight is 432 g/mol. The van der Waals surface area contributed by atoms with Crippen LogP contribution in [0.1, 0.15) is 35.6 Å². The third-order valence-electron chi connectivity index (χ3n) is 5.18. The standard InChI is InChI=1S/C20H19F3N6O2/c1-11-15(12(2)29-19(24-11)26-18(27-29)20(21,22)23)10-16(30)25-13-5-7-14(8-6-13)28-9-3-4-17(28)31/h5-8H,3-4,9-10H2,1-2H3,(H,25,30). The molecule has 1 saturated heterocycles. The molecule has 4 rings (SSSR count). The summed E-state index contributed by atoms with van der Waals surface area (Å²) in [6.07, 6.45) is -3.41. The molecule has 2 amide bonds. The number of aryl methyl sites for hydroxylation is 2. The molecule has 2 aromatic heterocycles. The zero-order valence-electron chi connectivity index (χ0n) is 16.8. The summed E-state index contributed by atoms with van der Waals surface area (Å²) in [7, 11) is 0. The van der Waals surface area contributed by atoms with E-state index in [4.69, 9.17) is 0 Å². The van der Waals surface area contributed by atoms with Crippen LogP contribution in [0.4, 0.5) is 24.5 Å². The fourth-order valence-electron chi connectivity index (χ4n) is 3.60. The summed E-state index contributed by atoms with van der Waals surface area (Å²) in [6, 6.07) is 6.92. The Morgan fingerprint density at radius 1 is 1.16 bits per heavy atom. The van der Waals surface area contributed by atoms with Crippen LogP contribution in [0, 0.1) is 13.8 Å². The molecule has 1 aromatic carbocycles. The molecule has 3 aromatic rings. The van der Waals surface area contributed by atoms with Gasteiger partial charge in [0.1, 0.15) is 0 Å². The molecule has 0 aliphatic carbocycles. The lowest BCUT2D eigenvalue weighted by Crippen LogP contribution is -2.23. The van der Waals surface area contributed by atoms with Gasteiger partial charge in [-0.25, -0.2) is 9.50 Å². The highest BCUT2D eigenvalue weighted by molar-refractivity contribution is 5.96. The number of rotatable bonds is 4. The summed E-state index contributed by atoms with van der Waals surface area (Å²) < 4.78 is 39.7. The number of hydrogen-bond acceptors (Lipinski definition) is 5. The molecule has 8 nitrogen and oxygen atoms in total. The van der Waals surface area contributed by atoms with Crippen LogP contribution >= 0.6 is 0 Å². The maximum atomic E-state index is 12.9. The molecule has 31 heavy (non-hydrogen) atoms. The minimum atomic E-state index is -4.68. The highest BCUT2D eigenvalue weighted by Gasteiger charge is 2.37. The van der Waals surface area contributed by atoms with Crippen molar-refractivity contribution in [2.75, 3.05) is 16.8 Å². The van der Waals surface area contributed by atoms with Crippen LogP contribution in [-0.4, -0.2) is 37.9 Å². The quantitative estimate of drug-likeness (QED) is 0.684. The fourth-order valence-corrected chi connectivity index (χ4v) is 3.60. The number of anilines is 2. The molecule has 0 bridgehead atoms. The topological polar surface area (TPSA) is 92.5 Å². The van der Waals surface area contributed by atoms with Crippen LogP contribution < -0.4 is 10.2 Å². The number of carbonyl (C=O) groups is 2. The first-order valence-electron chi connectivity index (χ1n) is 9.64. The molecule has 1 fully saturated rings. The minimum absolute atomic E-state index is 0.0763. The van der Waals surface area contributed by atoms with E-state index in [0.717, 1.165) is 16.6 Å². The van der Waals surface area contributed by atoms with E-state index in [1.54, 1.807) is 43.0 Å². The van der Waals surface area contributed by atoms with Crippen molar-refractivity contribution in [1.82, 2.24) is 19.6 Å². The summed E-state index contributed by atoms with van der Waals surface area (Å²) >= 11 is 0. The molecule has 1 aliphatic rings.